The van der Waals surface area contributed by atoms with E-state index in [0.717, 1.165) is 0 Å². The standard InChI is InChI=1S/C17H26BNO8/c1-10(6-13-15(24-3)9-27-18(13)20)16(25-4)12-7-11(23-2)8-14(19(21)22)17(12)26-5/h7-8,10,13,15-16,20H,6,9H2,1-5H3/t10-,13-,15+,16+/m0/s1. The molecule has 2 rings (SSSR count). The molecule has 1 heterocycles. The van der Waals surface area contributed by atoms with Crippen molar-refractivity contribution in [1.29, 1.82) is 0 Å². The van der Waals surface area contributed by atoms with E-state index in [1.807, 2.05) is 6.92 Å². The second kappa shape index (κ2) is 9.36. The van der Waals surface area contributed by atoms with Crippen molar-refractivity contribution in [1.82, 2.24) is 0 Å². The van der Waals surface area contributed by atoms with Crippen LogP contribution in [0.25, 0.3) is 0 Å². The lowest BCUT2D eigenvalue weighted by Gasteiger charge is -2.28. The first-order valence-electron chi connectivity index (χ1n) is 8.63. The Hall–Kier alpha value is -1.88. The summed E-state index contributed by atoms with van der Waals surface area (Å²) in [5.74, 6) is 0.126. The van der Waals surface area contributed by atoms with Crippen LogP contribution in [0.3, 0.4) is 0 Å². The van der Waals surface area contributed by atoms with Gasteiger partial charge in [0.2, 0.25) is 5.75 Å². The summed E-state index contributed by atoms with van der Waals surface area (Å²) in [5, 5.41) is 21.5. The third kappa shape index (κ3) is 4.52. The molecule has 0 amide bonds. The zero-order valence-corrected chi connectivity index (χ0v) is 16.2. The van der Waals surface area contributed by atoms with Crippen LogP contribution in [-0.4, -0.2) is 58.2 Å². The van der Waals surface area contributed by atoms with E-state index in [2.05, 4.69) is 0 Å². The van der Waals surface area contributed by atoms with Gasteiger partial charge in [0.1, 0.15) is 5.75 Å². The lowest BCUT2D eigenvalue weighted by Crippen LogP contribution is -2.27. The van der Waals surface area contributed by atoms with Gasteiger partial charge in [0.15, 0.2) is 0 Å². The van der Waals surface area contributed by atoms with E-state index >= 15 is 0 Å². The zero-order chi connectivity index (χ0) is 20.1. The molecule has 1 fully saturated rings. The van der Waals surface area contributed by atoms with Crippen LogP contribution in [0.1, 0.15) is 25.0 Å². The molecule has 1 aliphatic heterocycles. The number of methoxy groups -OCH3 is 4. The number of rotatable bonds is 9. The van der Waals surface area contributed by atoms with E-state index in [0.29, 0.717) is 24.3 Å². The summed E-state index contributed by atoms with van der Waals surface area (Å²) in [4.78, 5) is 10.9. The average molecular weight is 383 g/mol. The van der Waals surface area contributed by atoms with Crippen molar-refractivity contribution in [3.05, 3.63) is 27.8 Å². The van der Waals surface area contributed by atoms with E-state index in [1.165, 1.54) is 27.4 Å². The molecule has 9 nitrogen and oxygen atoms in total. The van der Waals surface area contributed by atoms with E-state index in [-0.39, 0.29) is 29.3 Å². The Bertz CT molecular complexity index is 658. The predicted molar refractivity (Wildman–Crippen MR) is 98.2 cm³/mol. The van der Waals surface area contributed by atoms with Gasteiger partial charge < -0.3 is 28.6 Å². The Balaban J connectivity index is 2.38. The van der Waals surface area contributed by atoms with Gasteiger partial charge in [0, 0.05) is 25.6 Å². The van der Waals surface area contributed by atoms with E-state index in [4.69, 9.17) is 23.6 Å². The van der Waals surface area contributed by atoms with Crippen LogP contribution in [-0.2, 0) is 14.1 Å². The third-order valence-corrected chi connectivity index (χ3v) is 5.01. The lowest BCUT2D eigenvalue weighted by atomic mass is 9.67. The van der Waals surface area contributed by atoms with Gasteiger partial charge in [-0.05, 0) is 18.4 Å². The normalized spacial score (nSPS) is 21.8. The molecule has 4 atom stereocenters. The lowest BCUT2D eigenvalue weighted by molar-refractivity contribution is -0.385. The number of benzene rings is 1. The maximum absolute atomic E-state index is 11.4. The first-order chi connectivity index (χ1) is 12.9. The van der Waals surface area contributed by atoms with Gasteiger partial charge in [0.25, 0.3) is 0 Å². The molecule has 1 saturated heterocycles. The summed E-state index contributed by atoms with van der Waals surface area (Å²) in [6, 6.07) is 2.99. The Morgan fingerprint density at radius 2 is 2.04 bits per heavy atom. The summed E-state index contributed by atoms with van der Waals surface area (Å²) in [6.45, 7) is 2.26. The van der Waals surface area contributed by atoms with Crippen molar-refractivity contribution in [3.8, 4) is 11.5 Å². The molecule has 1 aromatic carbocycles. The fraction of sp³-hybridized carbons (Fsp3) is 0.647. The maximum atomic E-state index is 11.4. The second-order valence-electron chi connectivity index (χ2n) is 6.56. The van der Waals surface area contributed by atoms with Gasteiger partial charge >= 0.3 is 12.8 Å². The fourth-order valence-corrected chi connectivity index (χ4v) is 3.65. The Kier molecular flexibility index (Phi) is 7.43. The van der Waals surface area contributed by atoms with Crippen molar-refractivity contribution in [3.63, 3.8) is 0 Å². The molecular weight excluding hydrogens is 357 g/mol. The Morgan fingerprint density at radius 1 is 1.33 bits per heavy atom. The van der Waals surface area contributed by atoms with Crippen molar-refractivity contribution < 1.29 is 33.5 Å². The molecule has 1 N–H and O–H groups in total. The minimum atomic E-state index is -0.920. The summed E-state index contributed by atoms with van der Waals surface area (Å²) in [7, 11) is 5.01. The summed E-state index contributed by atoms with van der Waals surface area (Å²) in [6.07, 6.45) is -0.202. The van der Waals surface area contributed by atoms with Crippen LogP contribution in [0.5, 0.6) is 11.5 Å². The van der Waals surface area contributed by atoms with Crippen LogP contribution in [0.4, 0.5) is 5.69 Å². The molecule has 1 aromatic rings. The Morgan fingerprint density at radius 3 is 2.56 bits per heavy atom. The topological polar surface area (TPSA) is 110 Å². The highest BCUT2D eigenvalue weighted by molar-refractivity contribution is 6.45. The molecule has 0 radical (unpaired) electrons. The predicted octanol–water partition coefficient (Wildman–Crippen LogP) is 2.22. The van der Waals surface area contributed by atoms with Crippen LogP contribution < -0.4 is 9.47 Å². The molecule has 0 aromatic heterocycles. The van der Waals surface area contributed by atoms with E-state index < -0.39 is 18.1 Å². The first kappa shape index (κ1) is 21.4. The monoisotopic (exact) mass is 383 g/mol. The average Bonchev–Trinajstić information content (AvgIpc) is 3.01. The van der Waals surface area contributed by atoms with Gasteiger partial charge in [-0.2, -0.15) is 0 Å². The molecule has 27 heavy (non-hydrogen) atoms. The number of nitro benzene ring substituents is 1. The van der Waals surface area contributed by atoms with Gasteiger partial charge in [0.05, 0.1) is 44.0 Å². The molecule has 150 valence electrons. The smallest absolute Gasteiger partial charge is 0.460 e. The maximum Gasteiger partial charge on any atom is 0.460 e. The highest BCUT2D eigenvalue weighted by Gasteiger charge is 2.43. The highest BCUT2D eigenvalue weighted by Crippen LogP contribution is 2.44. The molecule has 0 saturated carbocycles. The molecular formula is C17H26BNO8. The van der Waals surface area contributed by atoms with E-state index in [1.54, 1.807) is 13.2 Å². The van der Waals surface area contributed by atoms with Gasteiger partial charge in [-0.1, -0.05) is 6.92 Å². The highest BCUT2D eigenvalue weighted by atomic mass is 16.6. The summed E-state index contributed by atoms with van der Waals surface area (Å²) in [5.41, 5.74) is 0.320. The SMILES string of the molecule is COc1cc([C@H](OC)[C@@H](C)C[C@@H]2B(O)OC[C@H]2OC)c(OC)c([N+](=O)[O-])c1. The van der Waals surface area contributed by atoms with Crippen LogP contribution >= 0.6 is 0 Å². The molecule has 0 spiro atoms. The second-order valence-corrected chi connectivity index (χ2v) is 6.56. The van der Waals surface area contributed by atoms with Crippen molar-refractivity contribution >= 4 is 12.8 Å². The quantitative estimate of drug-likeness (QED) is 0.393. The number of ether oxygens (including phenoxy) is 4. The largest absolute Gasteiger partial charge is 0.496 e. The van der Waals surface area contributed by atoms with Gasteiger partial charge in [-0.3, -0.25) is 10.1 Å². The van der Waals surface area contributed by atoms with Crippen LogP contribution in [0, 0.1) is 16.0 Å². The molecule has 1 aliphatic rings. The fourth-order valence-electron chi connectivity index (χ4n) is 3.65. The van der Waals surface area contributed by atoms with Crippen molar-refractivity contribution in [2.45, 2.75) is 31.4 Å². The van der Waals surface area contributed by atoms with Gasteiger partial charge in [-0.15, -0.1) is 0 Å². The number of nitrogens with zero attached hydrogens (tertiary/aromatic N) is 1. The third-order valence-electron chi connectivity index (χ3n) is 5.01. The minimum Gasteiger partial charge on any atom is -0.496 e. The van der Waals surface area contributed by atoms with Crippen LogP contribution in [0.15, 0.2) is 12.1 Å². The van der Waals surface area contributed by atoms with E-state index in [9.17, 15) is 15.1 Å². The zero-order valence-electron chi connectivity index (χ0n) is 16.2. The van der Waals surface area contributed by atoms with Gasteiger partial charge in [-0.25, -0.2) is 0 Å². The minimum absolute atomic E-state index is 0.116. The first-order valence-corrected chi connectivity index (χ1v) is 8.63. The van der Waals surface area contributed by atoms with Crippen molar-refractivity contribution in [2.24, 2.45) is 5.92 Å². The molecule has 10 heteroatoms. The molecule has 0 aliphatic carbocycles. The summed E-state index contributed by atoms with van der Waals surface area (Å²) < 4.78 is 26.9. The van der Waals surface area contributed by atoms with Crippen molar-refractivity contribution in [2.75, 3.05) is 35.0 Å². The van der Waals surface area contributed by atoms with Crippen LogP contribution in [0.2, 0.25) is 5.82 Å². The number of hydrogen-bond acceptors (Lipinski definition) is 8. The Labute approximate surface area is 158 Å². The molecule has 0 bridgehead atoms. The number of nitro groups is 1. The number of hydrogen-bond donors (Lipinski definition) is 1. The summed E-state index contributed by atoms with van der Waals surface area (Å²) >= 11 is 0. The molecule has 0 unspecified atom stereocenters.